The van der Waals surface area contributed by atoms with Crippen molar-refractivity contribution in [2.24, 2.45) is 0 Å². The molecule has 1 aliphatic heterocycles. The molecule has 114 valence electrons. The largest absolute Gasteiger partial charge is 0.495 e. The zero-order valence-electron chi connectivity index (χ0n) is 12.6. The molecule has 1 atom stereocenters. The summed E-state index contributed by atoms with van der Waals surface area (Å²) in [5.41, 5.74) is 0.132. The maximum atomic E-state index is 12.5. The number of hydrogen-bond donors (Lipinski definition) is 1. The average molecular weight is 311 g/mol. The highest BCUT2D eigenvalue weighted by atomic mass is 35.5. The summed E-state index contributed by atoms with van der Waals surface area (Å²) in [6.45, 7) is 5.86. The molecule has 0 spiro atoms. The molecule has 6 heteroatoms. The number of nitrogens with zero attached hydrogens (tertiary/aromatic N) is 1. The summed E-state index contributed by atoms with van der Waals surface area (Å²) in [6, 6.07) is 4.33. The summed E-state index contributed by atoms with van der Waals surface area (Å²) in [7, 11) is 1.49. The molecule has 1 aliphatic rings. The first-order chi connectivity index (χ1) is 9.73. The normalized spacial score (nSPS) is 19.3. The molecule has 0 saturated carbocycles. The highest BCUT2D eigenvalue weighted by Crippen LogP contribution is 2.34. The molecule has 1 N–H and O–H groups in total. The fraction of sp³-hybridized carbons (Fsp3) is 0.467. The van der Waals surface area contributed by atoms with Gasteiger partial charge >= 0.3 is 0 Å². The number of anilines is 1. The van der Waals surface area contributed by atoms with Crippen LogP contribution in [0.1, 0.15) is 27.2 Å². The lowest BCUT2D eigenvalue weighted by molar-refractivity contribution is -0.121. The topological polar surface area (TPSA) is 58.6 Å². The van der Waals surface area contributed by atoms with Gasteiger partial charge in [-0.25, -0.2) is 4.90 Å². The molecule has 21 heavy (non-hydrogen) atoms. The van der Waals surface area contributed by atoms with E-state index >= 15 is 0 Å². The van der Waals surface area contributed by atoms with E-state index in [0.717, 1.165) is 4.90 Å². The van der Waals surface area contributed by atoms with Crippen LogP contribution in [0.2, 0.25) is 5.02 Å². The summed E-state index contributed by atoms with van der Waals surface area (Å²) in [4.78, 5) is 25.9. The Balaban J connectivity index is 2.35. The third-order valence-electron chi connectivity index (χ3n) is 3.14. The van der Waals surface area contributed by atoms with Crippen molar-refractivity contribution >= 4 is 29.1 Å². The number of hydrogen-bond acceptors (Lipinski definition) is 4. The van der Waals surface area contributed by atoms with Gasteiger partial charge in [0.25, 0.3) is 5.91 Å². The Hall–Kier alpha value is -1.59. The Labute approximate surface area is 129 Å². The van der Waals surface area contributed by atoms with Gasteiger partial charge < -0.3 is 10.1 Å². The van der Waals surface area contributed by atoms with Crippen LogP contribution < -0.4 is 15.0 Å². The van der Waals surface area contributed by atoms with Gasteiger partial charge in [0.15, 0.2) is 0 Å². The molecule has 0 unspecified atom stereocenters. The first-order valence-electron chi connectivity index (χ1n) is 6.71. The molecule has 1 fully saturated rings. The van der Waals surface area contributed by atoms with Gasteiger partial charge in [0.2, 0.25) is 5.91 Å². The maximum absolute atomic E-state index is 12.5. The lowest BCUT2D eigenvalue weighted by Gasteiger charge is -2.24. The Morgan fingerprint density at radius 2 is 2.00 bits per heavy atom. The van der Waals surface area contributed by atoms with Crippen molar-refractivity contribution < 1.29 is 14.3 Å². The number of carbonyl (C=O) groups excluding carboxylic acids is 2. The van der Waals surface area contributed by atoms with Crippen molar-refractivity contribution in [2.45, 2.75) is 38.8 Å². The minimum atomic E-state index is -0.527. The van der Waals surface area contributed by atoms with E-state index in [-0.39, 0.29) is 23.8 Å². The summed E-state index contributed by atoms with van der Waals surface area (Å²) in [5.74, 6) is -0.102. The van der Waals surface area contributed by atoms with Crippen molar-refractivity contribution in [1.29, 1.82) is 0 Å². The van der Waals surface area contributed by atoms with Crippen molar-refractivity contribution in [3.63, 3.8) is 0 Å². The Morgan fingerprint density at radius 1 is 1.33 bits per heavy atom. The van der Waals surface area contributed by atoms with Crippen LogP contribution in [0.4, 0.5) is 5.69 Å². The fourth-order valence-corrected chi connectivity index (χ4v) is 2.52. The minimum absolute atomic E-state index is 0.131. The van der Waals surface area contributed by atoms with Crippen LogP contribution in [0, 0.1) is 0 Å². The number of ether oxygens (including phenoxy) is 1. The molecule has 0 radical (unpaired) electrons. The van der Waals surface area contributed by atoms with Crippen LogP contribution in [-0.2, 0) is 9.59 Å². The number of carbonyl (C=O) groups is 2. The maximum Gasteiger partial charge on any atom is 0.251 e. The van der Waals surface area contributed by atoms with E-state index in [1.165, 1.54) is 7.11 Å². The smallest absolute Gasteiger partial charge is 0.251 e. The molecule has 1 saturated heterocycles. The van der Waals surface area contributed by atoms with Crippen LogP contribution in [0.15, 0.2) is 18.2 Å². The van der Waals surface area contributed by atoms with Crippen LogP contribution in [0.3, 0.4) is 0 Å². The minimum Gasteiger partial charge on any atom is -0.495 e. The van der Waals surface area contributed by atoms with Gasteiger partial charge in [-0.05, 0) is 39.0 Å². The third kappa shape index (κ3) is 3.36. The summed E-state index contributed by atoms with van der Waals surface area (Å²) < 4.78 is 5.22. The molecule has 1 heterocycles. The van der Waals surface area contributed by atoms with E-state index in [2.05, 4.69) is 5.32 Å². The van der Waals surface area contributed by atoms with E-state index in [4.69, 9.17) is 16.3 Å². The molecule has 1 aromatic carbocycles. The number of benzene rings is 1. The predicted octanol–water partition coefficient (Wildman–Crippen LogP) is 2.37. The fourth-order valence-electron chi connectivity index (χ4n) is 2.36. The molecule has 2 amide bonds. The quantitative estimate of drug-likeness (QED) is 0.871. The van der Waals surface area contributed by atoms with Crippen LogP contribution in [0.25, 0.3) is 0 Å². The molecular weight excluding hydrogens is 292 g/mol. The van der Waals surface area contributed by atoms with E-state index in [1.807, 2.05) is 20.8 Å². The second-order valence-electron chi connectivity index (χ2n) is 6.03. The molecule has 5 nitrogen and oxygen atoms in total. The number of methoxy groups -OCH3 is 1. The Morgan fingerprint density at radius 3 is 2.57 bits per heavy atom. The molecule has 0 bridgehead atoms. The lowest BCUT2D eigenvalue weighted by Crippen LogP contribution is -2.47. The van der Waals surface area contributed by atoms with E-state index < -0.39 is 6.04 Å². The second-order valence-corrected chi connectivity index (χ2v) is 6.47. The number of nitrogens with one attached hydrogen (secondary N) is 1. The van der Waals surface area contributed by atoms with Crippen molar-refractivity contribution in [2.75, 3.05) is 12.0 Å². The van der Waals surface area contributed by atoms with Gasteiger partial charge in [0.05, 0.1) is 25.3 Å². The number of amides is 2. The zero-order valence-corrected chi connectivity index (χ0v) is 13.3. The van der Waals surface area contributed by atoms with Gasteiger partial charge in [0, 0.05) is 10.6 Å². The van der Waals surface area contributed by atoms with E-state index in [1.54, 1.807) is 18.2 Å². The molecular formula is C15H19ClN2O3. The predicted molar refractivity (Wildman–Crippen MR) is 81.8 cm³/mol. The van der Waals surface area contributed by atoms with Gasteiger partial charge in [-0.1, -0.05) is 11.6 Å². The SMILES string of the molecule is COc1ccc(Cl)cc1N1C(=O)C[C@@H](NC(C)(C)C)C1=O. The number of rotatable bonds is 3. The van der Waals surface area contributed by atoms with Crippen LogP contribution in [-0.4, -0.2) is 30.5 Å². The summed E-state index contributed by atoms with van der Waals surface area (Å²) >= 11 is 5.97. The van der Waals surface area contributed by atoms with Crippen LogP contribution >= 0.6 is 11.6 Å². The summed E-state index contributed by atoms with van der Waals surface area (Å²) in [5, 5.41) is 3.61. The average Bonchev–Trinajstić information content (AvgIpc) is 2.62. The van der Waals surface area contributed by atoms with Crippen molar-refractivity contribution in [3.05, 3.63) is 23.2 Å². The van der Waals surface area contributed by atoms with Gasteiger partial charge in [-0.15, -0.1) is 0 Å². The van der Waals surface area contributed by atoms with Gasteiger partial charge in [0.1, 0.15) is 5.75 Å². The third-order valence-corrected chi connectivity index (χ3v) is 3.37. The molecule has 1 aromatic rings. The number of imide groups is 1. The Kier molecular flexibility index (Phi) is 4.25. The van der Waals surface area contributed by atoms with E-state index in [9.17, 15) is 9.59 Å². The number of halogens is 1. The standard InChI is InChI=1S/C15H19ClN2O3/c1-15(2,3)17-10-8-13(19)18(14(10)20)11-7-9(16)5-6-12(11)21-4/h5-7,10,17H,8H2,1-4H3/t10-/m1/s1. The lowest BCUT2D eigenvalue weighted by atomic mass is 10.1. The van der Waals surface area contributed by atoms with Crippen molar-refractivity contribution in [3.8, 4) is 5.75 Å². The first-order valence-corrected chi connectivity index (χ1v) is 7.09. The molecule has 2 rings (SSSR count). The second kappa shape index (κ2) is 5.66. The highest BCUT2D eigenvalue weighted by molar-refractivity contribution is 6.31. The highest BCUT2D eigenvalue weighted by Gasteiger charge is 2.42. The Bertz CT molecular complexity index is 581. The van der Waals surface area contributed by atoms with Crippen molar-refractivity contribution in [1.82, 2.24) is 5.32 Å². The van der Waals surface area contributed by atoms with E-state index in [0.29, 0.717) is 16.5 Å². The zero-order chi connectivity index (χ0) is 15.8. The van der Waals surface area contributed by atoms with Gasteiger partial charge in [-0.2, -0.15) is 0 Å². The molecule has 0 aliphatic carbocycles. The van der Waals surface area contributed by atoms with Gasteiger partial charge in [-0.3, -0.25) is 9.59 Å². The first kappa shape index (κ1) is 15.8. The van der Waals surface area contributed by atoms with Crippen LogP contribution in [0.5, 0.6) is 5.75 Å². The molecule has 0 aromatic heterocycles. The summed E-state index contributed by atoms with van der Waals surface area (Å²) in [6.07, 6.45) is 0.131. The monoisotopic (exact) mass is 310 g/mol.